The van der Waals surface area contributed by atoms with Gasteiger partial charge >= 0.3 is 0 Å². The number of nitrogens with zero attached hydrogens (tertiary/aromatic N) is 2. The van der Waals surface area contributed by atoms with E-state index in [-0.39, 0.29) is 12.3 Å². The van der Waals surface area contributed by atoms with E-state index in [4.69, 9.17) is 14.6 Å². The van der Waals surface area contributed by atoms with Gasteiger partial charge in [0.25, 0.3) is 0 Å². The fourth-order valence-electron chi connectivity index (χ4n) is 3.82. The maximum absolute atomic E-state index is 6.50. The van der Waals surface area contributed by atoms with Gasteiger partial charge in [-0.2, -0.15) is 5.10 Å². The molecule has 3 aromatic rings. The molecule has 0 fully saturated rings. The molecule has 2 aliphatic rings. The number of thiophene rings is 1. The molecule has 0 saturated carbocycles. The van der Waals surface area contributed by atoms with Crippen LogP contribution in [0.15, 0.2) is 68.0 Å². The van der Waals surface area contributed by atoms with E-state index in [1.165, 1.54) is 4.88 Å². The van der Waals surface area contributed by atoms with Gasteiger partial charge in [-0.15, -0.1) is 11.3 Å². The molecule has 4 nitrogen and oxygen atoms in total. The second-order valence-electron chi connectivity index (χ2n) is 6.90. The number of hydrazone groups is 1. The minimum Gasteiger partial charge on any atom is -0.494 e. The van der Waals surface area contributed by atoms with Crippen molar-refractivity contribution in [2.45, 2.75) is 25.6 Å². The average Bonchev–Trinajstić information content (AvgIpc) is 3.38. The van der Waals surface area contributed by atoms with E-state index in [2.05, 4.69) is 72.6 Å². The first-order valence-corrected chi connectivity index (χ1v) is 11.9. The maximum Gasteiger partial charge on any atom is 0.213 e. The molecule has 0 spiro atoms. The van der Waals surface area contributed by atoms with Crippen molar-refractivity contribution in [2.24, 2.45) is 5.10 Å². The normalized spacial score (nSPS) is 20.0. The lowest BCUT2D eigenvalue weighted by atomic mass is 9.97. The summed E-state index contributed by atoms with van der Waals surface area (Å²) in [5.74, 6) is 1.74. The molecule has 3 heterocycles. The summed E-state index contributed by atoms with van der Waals surface area (Å²) in [5, 5.41) is 9.20. The standard InChI is InChI=1S/C22H18Br2N2O2S/c1-2-27-15-7-5-13(6-8-15)22-26-19(12-18(25-26)20-4-3-9-29-20)16-10-14(23)11-17(24)21(16)28-22/h3-11,19,22H,2,12H2,1H3. The fourth-order valence-corrected chi connectivity index (χ4v) is 5.89. The van der Waals surface area contributed by atoms with Crippen LogP contribution in [0.5, 0.6) is 11.5 Å². The smallest absolute Gasteiger partial charge is 0.213 e. The van der Waals surface area contributed by atoms with Crippen molar-refractivity contribution in [3.05, 3.63) is 78.9 Å². The van der Waals surface area contributed by atoms with Crippen molar-refractivity contribution in [2.75, 3.05) is 6.61 Å². The van der Waals surface area contributed by atoms with Gasteiger partial charge in [-0.05, 0) is 70.7 Å². The molecule has 148 valence electrons. The van der Waals surface area contributed by atoms with Gasteiger partial charge in [0.2, 0.25) is 6.23 Å². The highest BCUT2D eigenvalue weighted by atomic mass is 79.9. The van der Waals surface area contributed by atoms with Crippen LogP contribution >= 0.6 is 43.2 Å². The Morgan fingerprint density at radius 3 is 2.76 bits per heavy atom. The maximum atomic E-state index is 6.50. The van der Waals surface area contributed by atoms with Crippen LogP contribution in [0.25, 0.3) is 0 Å². The SMILES string of the molecule is CCOc1ccc(C2Oc3c(Br)cc(Br)cc3C3CC(c4cccs4)=NN32)cc1. The lowest BCUT2D eigenvalue weighted by molar-refractivity contribution is -0.0197. The molecule has 1 aromatic heterocycles. The summed E-state index contributed by atoms with van der Waals surface area (Å²) in [5.41, 5.74) is 3.30. The first kappa shape index (κ1) is 19.2. The third kappa shape index (κ3) is 3.49. The van der Waals surface area contributed by atoms with Crippen LogP contribution in [-0.4, -0.2) is 17.3 Å². The summed E-state index contributed by atoms with van der Waals surface area (Å²) < 4.78 is 14.1. The van der Waals surface area contributed by atoms with Crippen molar-refractivity contribution < 1.29 is 9.47 Å². The molecule has 2 aliphatic heterocycles. The minimum atomic E-state index is -0.293. The van der Waals surface area contributed by atoms with E-state index in [9.17, 15) is 0 Å². The topological polar surface area (TPSA) is 34.1 Å². The van der Waals surface area contributed by atoms with Crippen LogP contribution < -0.4 is 9.47 Å². The Hall–Kier alpha value is -1.83. The molecule has 0 amide bonds. The Morgan fingerprint density at radius 1 is 1.21 bits per heavy atom. The minimum absolute atomic E-state index is 0.126. The zero-order chi connectivity index (χ0) is 20.0. The van der Waals surface area contributed by atoms with E-state index in [0.717, 1.165) is 43.7 Å². The molecule has 2 unspecified atom stereocenters. The van der Waals surface area contributed by atoms with E-state index in [0.29, 0.717) is 6.61 Å². The summed E-state index contributed by atoms with van der Waals surface area (Å²) in [7, 11) is 0. The van der Waals surface area contributed by atoms with Crippen molar-refractivity contribution in [3.63, 3.8) is 0 Å². The van der Waals surface area contributed by atoms with Crippen molar-refractivity contribution in [3.8, 4) is 11.5 Å². The van der Waals surface area contributed by atoms with E-state index in [1.807, 2.05) is 25.1 Å². The van der Waals surface area contributed by atoms with Gasteiger partial charge in [-0.1, -0.05) is 22.0 Å². The molecule has 2 atom stereocenters. The first-order valence-electron chi connectivity index (χ1n) is 9.42. The fraction of sp³-hybridized carbons (Fsp3) is 0.227. The summed E-state index contributed by atoms with van der Waals surface area (Å²) in [4.78, 5) is 1.21. The van der Waals surface area contributed by atoms with Crippen molar-refractivity contribution >= 4 is 48.9 Å². The molecule has 7 heteroatoms. The largest absolute Gasteiger partial charge is 0.494 e. The zero-order valence-electron chi connectivity index (χ0n) is 15.6. The van der Waals surface area contributed by atoms with Gasteiger partial charge in [-0.25, -0.2) is 5.01 Å². The Morgan fingerprint density at radius 2 is 2.03 bits per heavy atom. The summed E-state index contributed by atoms with van der Waals surface area (Å²) >= 11 is 9.03. The molecule has 2 aromatic carbocycles. The lowest BCUT2D eigenvalue weighted by Gasteiger charge is -2.38. The van der Waals surface area contributed by atoms with Gasteiger partial charge < -0.3 is 9.47 Å². The number of ether oxygens (including phenoxy) is 2. The highest BCUT2D eigenvalue weighted by Gasteiger charge is 2.42. The third-order valence-electron chi connectivity index (χ3n) is 5.09. The van der Waals surface area contributed by atoms with Gasteiger partial charge in [-0.3, -0.25) is 0 Å². The molecule has 0 bridgehead atoms. The number of halogens is 2. The van der Waals surface area contributed by atoms with E-state index < -0.39 is 0 Å². The van der Waals surface area contributed by atoms with Gasteiger partial charge in [0, 0.05) is 22.0 Å². The average molecular weight is 534 g/mol. The highest BCUT2D eigenvalue weighted by Crippen LogP contribution is 2.51. The quantitative estimate of drug-likeness (QED) is 0.365. The van der Waals surface area contributed by atoms with Crippen LogP contribution in [0.4, 0.5) is 0 Å². The number of fused-ring (bicyclic) bond motifs is 3. The van der Waals surface area contributed by atoms with Crippen LogP contribution in [0.1, 0.15) is 41.6 Å². The highest BCUT2D eigenvalue weighted by molar-refractivity contribution is 9.11. The van der Waals surface area contributed by atoms with Crippen LogP contribution in [0.2, 0.25) is 0 Å². The number of hydrogen-bond donors (Lipinski definition) is 0. The van der Waals surface area contributed by atoms with E-state index >= 15 is 0 Å². The molecule has 0 aliphatic carbocycles. The number of benzene rings is 2. The second-order valence-corrected chi connectivity index (χ2v) is 9.62. The summed E-state index contributed by atoms with van der Waals surface area (Å²) in [6, 6.07) is 16.6. The van der Waals surface area contributed by atoms with Crippen molar-refractivity contribution in [1.82, 2.24) is 5.01 Å². The van der Waals surface area contributed by atoms with Crippen LogP contribution in [0.3, 0.4) is 0 Å². The molecule has 0 N–H and O–H groups in total. The van der Waals surface area contributed by atoms with Crippen LogP contribution in [-0.2, 0) is 0 Å². The Labute approximate surface area is 190 Å². The Kier molecular flexibility index (Phi) is 5.14. The molecular formula is C22H18Br2N2O2S. The number of hydrogen-bond acceptors (Lipinski definition) is 5. The predicted molar refractivity (Wildman–Crippen MR) is 123 cm³/mol. The molecule has 0 radical (unpaired) electrons. The number of rotatable bonds is 4. The van der Waals surface area contributed by atoms with Gasteiger partial charge in [0.05, 0.1) is 27.7 Å². The van der Waals surface area contributed by atoms with Gasteiger partial charge in [0.1, 0.15) is 11.5 Å². The zero-order valence-corrected chi connectivity index (χ0v) is 19.6. The Balaban J connectivity index is 1.58. The van der Waals surface area contributed by atoms with Crippen molar-refractivity contribution in [1.29, 1.82) is 0 Å². The van der Waals surface area contributed by atoms with E-state index in [1.54, 1.807) is 11.3 Å². The predicted octanol–water partition coefficient (Wildman–Crippen LogP) is 6.91. The van der Waals surface area contributed by atoms with Gasteiger partial charge in [0.15, 0.2) is 0 Å². The monoisotopic (exact) mass is 532 g/mol. The second kappa shape index (κ2) is 7.78. The Bertz CT molecular complexity index is 1070. The first-order chi connectivity index (χ1) is 14.1. The molecule has 5 rings (SSSR count). The summed E-state index contributed by atoms with van der Waals surface area (Å²) in [6.07, 6.45) is 0.561. The van der Waals surface area contributed by atoms with Crippen LogP contribution in [0, 0.1) is 0 Å². The lowest BCUT2D eigenvalue weighted by Crippen LogP contribution is -2.33. The summed E-state index contributed by atoms with van der Waals surface area (Å²) in [6.45, 7) is 2.64. The third-order valence-corrected chi connectivity index (χ3v) is 7.06. The molecule has 0 saturated heterocycles. The molecular weight excluding hydrogens is 516 g/mol. The molecule has 29 heavy (non-hydrogen) atoms.